The Kier molecular flexibility index (Phi) is 4.97. The number of alkyl halides is 3. The van der Waals surface area contributed by atoms with Gasteiger partial charge in [0.1, 0.15) is 5.82 Å². The number of hydrogen-bond acceptors (Lipinski definition) is 2. The third kappa shape index (κ3) is 3.87. The molecule has 1 aromatic heterocycles. The Balaban J connectivity index is 1.60. The van der Waals surface area contributed by atoms with E-state index in [0.717, 1.165) is 28.6 Å². The lowest BCUT2D eigenvalue weighted by Gasteiger charge is -2.12. The fraction of sp³-hybridized carbons (Fsp3) is 0.211. The van der Waals surface area contributed by atoms with E-state index in [0.29, 0.717) is 12.8 Å². The van der Waals surface area contributed by atoms with Gasteiger partial charge < -0.3 is 9.72 Å². The number of aryl methyl sites for hydroxylation is 1. The molecule has 0 atom stereocenters. The highest BCUT2D eigenvalue weighted by Gasteiger charge is 2.35. The summed E-state index contributed by atoms with van der Waals surface area (Å²) in [5, 5.41) is 0.735. The lowest BCUT2D eigenvalue weighted by molar-refractivity contribution is -0.138. The normalized spacial score (nSPS) is 11.7. The first kappa shape index (κ1) is 18.0. The number of fused-ring (bicyclic) bond motifs is 1. The molecule has 3 rings (SSSR count). The van der Waals surface area contributed by atoms with Gasteiger partial charge in [0.25, 0.3) is 0 Å². The minimum Gasteiger partial charge on any atom is -0.462 e. The van der Waals surface area contributed by atoms with Gasteiger partial charge in [0.05, 0.1) is 17.7 Å². The molecule has 0 radical (unpaired) electrons. The maximum Gasteiger partial charge on any atom is 0.417 e. The van der Waals surface area contributed by atoms with Crippen molar-refractivity contribution in [2.75, 3.05) is 6.61 Å². The Morgan fingerprint density at radius 1 is 1.12 bits per heavy atom. The quantitative estimate of drug-likeness (QED) is 0.388. The first-order valence-corrected chi connectivity index (χ1v) is 7.95. The van der Waals surface area contributed by atoms with Gasteiger partial charge in [-0.15, -0.1) is 0 Å². The van der Waals surface area contributed by atoms with Crippen LogP contribution in [0.4, 0.5) is 17.6 Å². The van der Waals surface area contributed by atoms with Crippen LogP contribution in [0.25, 0.3) is 10.9 Å². The van der Waals surface area contributed by atoms with Gasteiger partial charge in [-0.2, -0.15) is 13.2 Å². The van der Waals surface area contributed by atoms with Crippen LogP contribution in [0.3, 0.4) is 0 Å². The molecule has 26 heavy (non-hydrogen) atoms. The average molecular weight is 365 g/mol. The van der Waals surface area contributed by atoms with E-state index >= 15 is 0 Å². The molecule has 0 aliphatic heterocycles. The van der Waals surface area contributed by atoms with E-state index in [1.807, 2.05) is 0 Å². The Hall–Kier alpha value is -2.83. The number of aromatic nitrogens is 1. The van der Waals surface area contributed by atoms with Crippen LogP contribution in [-0.4, -0.2) is 17.6 Å². The highest BCUT2D eigenvalue weighted by molar-refractivity contribution is 5.91. The largest absolute Gasteiger partial charge is 0.462 e. The number of rotatable bonds is 5. The van der Waals surface area contributed by atoms with Crippen LogP contribution in [0.15, 0.2) is 48.7 Å². The van der Waals surface area contributed by atoms with Crippen LogP contribution in [0.2, 0.25) is 0 Å². The van der Waals surface area contributed by atoms with Crippen molar-refractivity contribution in [2.24, 2.45) is 0 Å². The van der Waals surface area contributed by atoms with E-state index in [1.165, 1.54) is 24.3 Å². The van der Waals surface area contributed by atoms with Crippen LogP contribution in [0, 0.1) is 5.82 Å². The molecule has 7 heteroatoms. The van der Waals surface area contributed by atoms with E-state index in [4.69, 9.17) is 4.74 Å². The third-order valence-electron chi connectivity index (χ3n) is 4.01. The molecular formula is C19H15F4NO2. The van der Waals surface area contributed by atoms with Gasteiger partial charge in [-0.05, 0) is 48.7 Å². The molecule has 0 fully saturated rings. The van der Waals surface area contributed by atoms with E-state index in [2.05, 4.69) is 4.98 Å². The number of carbonyl (C=O) groups is 1. The number of aromatic amines is 1. The molecule has 136 valence electrons. The van der Waals surface area contributed by atoms with Crippen molar-refractivity contribution >= 4 is 16.9 Å². The zero-order valence-corrected chi connectivity index (χ0v) is 13.6. The van der Waals surface area contributed by atoms with Crippen molar-refractivity contribution in [1.82, 2.24) is 4.98 Å². The van der Waals surface area contributed by atoms with E-state index in [-0.39, 0.29) is 12.4 Å². The van der Waals surface area contributed by atoms with Crippen molar-refractivity contribution in [2.45, 2.75) is 19.0 Å². The number of halogens is 4. The van der Waals surface area contributed by atoms with Crippen molar-refractivity contribution < 1.29 is 27.1 Å². The molecule has 3 nitrogen and oxygen atoms in total. The summed E-state index contributed by atoms with van der Waals surface area (Å²) in [7, 11) is 0. The van der Waals surface area contributed by atoms with Crippen molar-refractivity contribution in [3.63, 3.8) is 0 Å². The molecule has 0 bridgehead atoms. The third-order valence-corrected chi connectivity index (χ3v) is 4.01. The molecule has 3 aromatic rings. The van der Waals surface area contributed by atoms with Crippen molar-refractivity contribution in [3.05, 3.63) is 71.2 Å². The summed E-state index contributed by atoms with van der Waals surface area (Å²) in [6, 6.07) is 8.89. The lowest BCUT2D eigenvalue weighted by Crippen LogP contribution is -2.15. The summed E-state index contributed by atoms with van der Waals surface area (Å²) in [4.78, 5) is 15.0. The van der Waals surface area contributed by atoms with E-state index in [1.54, 1.807) is 12.3 Å². The van der Waals surface area contributed by atoms with Gasteiger partial charge in [0.15, 0.2) is 0 Å². The van der Waals surface area contributed by atoms with E-state index < -0.39 is 23.3 Å². The standard InChI is InChI=1S/C19H15F4NO2/c20-13-7-8-17-15(10-13)12(11-24-17)4-3-9-26-18(25)14-5-1-2-6-16(14)19(21,22)23/h1-2,5-8,10-11,24H,3-4,9H2. The molecule has 2 aromatic carbocycles. The summed E-state index contributed by atoms with van der Waals surface area (Å²) < 4.78 is 57.1. The summed E-state index contributed by atoms with van der Waals surface area (Å²) in [5.74, 6) is -1.36. The molecule has 0 saturated heterocycles. The minimum absolute atomic E-state index is 0.0347. The number of hydrogen-bond donors (Lipinski definition) is 1. The monoisotopic (exact) mass is 365 g/mol. The van der Waals surface area contributed by atoms with Crippen LogP contribution in [0.1, 0.15) is 27.9 Å². The summed E-state index contributed by atoms with van der Waals surface area (Å²) in [6.45, 7) is -0.0347. The first-order chi connectivity index (χ1) is 12.4. The van der Waals surface area contributed by atoms with Gasteiger partial charge >= 0.3 is 12.1 Å². The second-order valence-corrected chi connectivity index (χ2v) is 5.79. The van der Waals surface area contributed by atoms with Crippen LogP contribution < -0.4 is 0 Å². The van der Waals surface area contributed by atoms with Gasteiger partial charge in [0.2, 0.25) is 0 Å². The summed E-state index contributed by atoms with van der Waals surface area (Å²) in [6.07, 6.45) is -1.98. The molecule has 0 amide bonds. The van der Waals surface area contributed by atoms with E-state index in [9.17, 15) is 22.4 Å². The van der Waals surface area contributed by atoms with Crippen LogP contribution >= 0.6 is 0 Å². The molecule has 1 heterocycles. The van der Waals surface area contributed by atoms with Gasteiger partial charge in [-0.25, -0.2) is 9.18 Å². The second-order valence-electron chi connectivity index (χ2n) is 5.79. The predicted octanol–water partition coefficient (Wildman–Crippen LogP) is 5.12. The molecule has 0 spiro atoms. The number of benzene rings is 2. The lowest BCUT2D eigenvalue weighted by atomic mass is 10.1. The Morgan fingerprint density at radius 2 is 1.88 bits per heavy atom. The fourth-order valence-corrected chi connectivity index (χ4v) is 2.77. The fourth-order valence-electron chi connectivity index (χ4n) is 2.77. The first-order valence-electron chi connectivity index (χ1n) is 7.95. The van der Waals surface area contributed by atoms with Crippen molar-refractivity contribution in [1.29, 1.82) is 0 Å². The number of esters is 1. The number of nitrogens with one attached hydrogen (secondary N) is 1. The maximum atomic E-state index is 13.3. The Bertz CT molecular complexity index is 931. The Morgan fingerprint density at radius 3 is 2.65 bits per heavy atom. The van der Waals surface area contributed by atoms with Gasteiger partial charge in [0, 0.05) is 17.1 Å². The number of ether oxygens (including phenoxy) is 1. The minimum atomic E-state index is -4.62. The average Bonchev–Trinajstić information content (AvgIpc) is 3.00. The number of carbonyl (C=O) groups excluding carboxylic acids is 1. The summed E-state index contributed by atoms with van der Waals surface area (Å²) >= 11 is 0. The molecule has 0 aliphatic rings. The highest BCUT2D eigenvalue weighted by Crippen LogP contribution is 2.32. The molecule has 0 aliphatic carbocycles. The zero-order chi connectivity index (χ0) is 18.7. The number of H-pyrrole nitrogens is 1. The van der Waals surface area contributed by atoms with Crippen LogP contribution in [-0.2, 0) is 17.3 Å². The highest BCUT2D eigenvalue weighted by atomic mass is 19.4. The Labute approximate surface area is 146 Å². The predicted molar refractivity (Wildman–Crippen MR) is 88.3 cm³/mol. The van der Waals surface area contributed by atoms with Crippen molar-refractivity contribution in [3.8, 4) is 0 Å². The second kappa shape index (κ2) is 7.19. The molecule has 1 N–H and O–H groups in total. The maximum absolute atomic E-state index is 13.3. The zero-order valence-electron chi connectivity index (χ0n) is 13.6. The molecule has 0 unspecified atom stereocenters. The van der Waals surface area contributed by atoms with Gasteiger partial charge in [-0.1, -0.05) is 12.1 Å². The SMILES string of the molecule is O=C(OCCCc1c[nH]c2ccc(F)cc12)c1ccccc1C(F)(F)F. The summed E-state index contributed by atoms with van der Waals surface area (Å²) in [5.41, 5.74) is 0.120. The van der Waals surface area contributed by atoms with Crippen LogP contribution in [0.5, 0.6) is 0 Å². The topological polar surface area (TPSA) is 42.1 Å². The molecular weight excluding hydrogens is 350 g/mol. The van der Waals surface area contributed by atoms with Gasteiger partial charge in [-0.3, -0.25) is 0 Å². The smallest absolute Gasteiger partial charge is 0.417 e. The molecule has 0 saturated carbocycles.